The molecule has 0 bridgehead atoms. The van der Waals surface area contributed by atoms with Crippen LogP contribution in [0.15, 0.2) is 461 Å². The zero-order valence-corrected chi connectivity index (χ0v) is 71.9. The van der Waals surface area contributed by atoms with Gasteiger partial charge in [0.15, 0.2) is 34.9 Å². The number of thiophene rings is 2. The van der Waals surface area contributed by atoms with E-state index >= 15 is 0 Å². The fourth-order valence-corrected chi connectivity index (χ4v) is 21.4. The van der Waals surface area contributed by atoms with Gasteiger partial charge < -0.3 is 9.13 Å². The topological polar surface area (TPSA) is 87.2 Å². The number of rotatable bonds is 15. The van der Waals surface area contributed by atoms with Crippen molar-refractivity contribution in [1.82, 2.24) is 39.0 Å². The van der Waals surface area contributed by atoms with Gasteiger partial charge in [-0.2, -0.15) is 0 Å². The van der Waals surface area contributed by atoms with Crippen molar-refractivity contribution in [1.29, 1.82) is 0 Å². The molecule has 0 amide bonds. The molecule has 0 aliphatic heterocycles. The Morgan fingerprint density at radius 1 is 0.162 bits per heavy atom. The predicted molar refractivity (Wildman–Crippen MR) is 545 cm³/mol. The molecule has 0 aliphatic carbocycles. The van der Waals surface area contributed by atoms with Gasteiger partial charge in [0.2, 0.25) is 0 Å². The van der Waals surface area contributed by atoms with Crippen LogP contribution in [0.2, 0.25) is 0 Å². The van der Waals surface area contributed by atoms with E-state index in [0.29, 0.717) is 34.9 Å². The molecule has 0 saturated heterocycles. The summed E-state index contributed by atoms with van der Waals surface area (Å²) in [7, 11) is 0. The largest absolute Gasteiger partial charge is 0.309 e. The highest BCUT2D eigenvalue weighted by Gasteiger charge is 2.27. The minimum atomic E-state index is 0.616. The lowest BCUT2D eigenvalue weighted by molar-refractivity contribution is 1.07. The average molecular weight is 1690 g/mol. The second kappa shape index (κ2) is 33.0. The molecule has 0 spiro atoms. The van der Waals surface area contributed by atoms with E-state index < -0.39 is 0 Å². The van der Waals surface area contributed by atoms with Crippen LogP contribution in [-0.4, -0.2) is 39.0 Å². The minimum absolute atomic E-state index is 0.616. The number of hydrogen-bond acceptors (Lipinski definition) is 8. The predicted octanol–water partition coefficient (Wildman–Crippen LogP) is 32.3. The van der Waals surface area contributed by atoms with Crippen molar-refractivity contribution in [2.24, 2.45) is 0 Å². The Balaban J connectivity index is 0.000000145. The molecular formula is C120H76N8S2. The molecule has 8 nitrogen and oxygen atoms in total. The molecule has 0 N–H and O–H groups in total. The first kappa shape index (κ1) is 76.9. The van der Waals surface area contributed by atoms with E-state index in [4.69, 9.17) is 29.9 Å². The maximum absolute atomic E-state index is 5.35. The number of nitrogens with zero attached hydrogens (tertiary/aromatic N) is 8. The molecule has 25 aromatic rings. The quantitative estimate of drug-likeness (QED) is 0.102. The molecule has 608 valence electrons. The average Bonchev–Trinajstić information content (AvgIpc) is 1.55. The normalized spacial score (nSPS) is 11.5. The van der Waals surface area contributed by atoms with E-state index in [0.717, 1.165) is 89.3 Å². The van der Waals surface area contributed by atoms with Crippen LogP contribution < -0.4 is 0 Å². The molecule has 130 heavy (non-hydrogen) atoms. The van der Waals surface area contributed by atoms with Gasteiger partial charge >= 0.3 is 0 Å². The van der Waals surface area contributed by atoms with Crippen LogP contribution >= 0.6 is 22.7 Å². The second-order valence-electron chi connectivity index (χ2n) is 32.6. The second-order valence-corrected chi connectivity index (χ2v) is 34.8. The Labute approximate surface area is 758 Å². The Hall–Kier alpha value is -16.8. The summed E-state index contributed by atoms with van der Waals surface area (Å²) >= 11 is 3.72. The van der Waals surface area contributed by atoms with Crippen molar-refractivity contribution in [2.75, 3.05) is 0 Å². The fourth-order valence-electron chi connectivity index (χ4n) is 18.9. The highest BCUT2D eigenvalue weighted by atomic mass is 32.1. The van der Waals surface area contributed by atoms with Crippen molar-refractivity contribution in [3.05, 3.63) is 461 Å². The van der Waals surface area contributed by atoms with Crippen molar-refractivity contribution >= 4 is 107 Å². The lowest BCUT2D eigenvalue weighted by atomic mass is 9.89. The lowest BCUT2D eigenvalue weighted by Crippen LogP contribution is -2.01. The summed E-state index contributed by atoms with van der Waals surface area (Å²) in [6.45, 7) is 0. The van der Waals surface area contributed by atoms with Crippen LogP contribution in [0.1, 0.15) is 0 Å². The smallest absolute Gasteiger partial charge is 0.164 e. The molecule has 19 aromatic carbocycles. The first-order valence-corrected chi connectivity index (χ1v) is 45.4. The summed E-state index contributed by atoms with van der Waals surface area (Å²) in [6, 6.07) is 164. The monoisotopic (exact) mass is 1690 g/mol. The lowest BCUT2D eigenvalue weighted by Gasteiger charge is -2.16. The van der Waals surface area contributed by atoms with E-state index in [9.17, 15) is 0 Å². The summed E-state index contributed by atoms with van der Waals surface area (Å²) in [5.74, 6) is 3.75. The molecule has 6 aromatic heterocycles. The Bertz CT molecular complexity index is 8500. The van der Waals surface area contributed by atoms with Crippen LogP contribution in [0, 0.1) is 0 Å². The highest BCUT2D eigenvalue weighted by molar-refractivity contribution is 7.27. The number of aromatic nitrogens is 8. The zero-order valence-electron chi connectivity index (χ0n) is 70.3. The Morgan fingerprint density at radius 2 is 0.523 bits per heavy atom. The Morgan fingerprint density at radius 3 is 1.06 bits per heavy atom. The molecule has 6 heterocycles. The summed E-state index contributed by atoms with van der Waals surface area (Å²) in [5.41, 5.74) is 28.5. The SMILES string of the molecule is c1ccc(-c2cccc(-c3ccc(-c4cccc5sc6ccc7c8ccccc8n(-c8ccccc8)c7c6c45)c(-c4nc(-c5ccccc5)nc(-c5ccccc5)n4)c3)c2)cc1.c1ccc(-c2nc(-c3ccccc3)nc(-c3cc(-c4ccc(-c5ccccc5)c(-c5ccccc5)c4)ccc3-c3cccc4c3sc3c4ccc4c3c3ccccc3n4-c3ccccc3)n2)cc1. The van der Waals surface area contributed by atoms with Gasteiger partial charge in [-0.15, -0.1) is 22.7 Å². The molecule has 10 heteroatoms. The fraction of sp³-hybridized carbons (Fsp3) is 0. The van der Waals surface area contributed by atoms with Gasteiger partial charge in [-0.25, -0.2) is 29.9 Å². The van der Waals surface area contributed by atoms with Crippen LogP contribution in [0.25, 0.3) is 242 Å². The number of hydrogen-bond donors (Lipinski definition) is 0. The highest BCUT2D eigenvalue weighted by Crippen LogP contribution is 2.52. The van der Waals surface area contributed by atoms with E-state index in [-0.39, 0.29) is 0 Å². The zero-order chi connectivity index (χ0) is 86.0. The number of benzene rings is 19. The van der Waals surface area contributed by atoms with E-state index in [2.05, 4.69) is 397 Å². The molecule has 0 fully saturated rings. The van der Waals surface area contributed by atoms with Crippen molar-refractivity contribution in [2.45, 2.75) is 0 Å². The molecule has 0 aliphatic rings. The van der Waals surface area contributed by atoms with Crippen molar-refractivity contribution < 1.29 is 0 Å². The van der Waals surface area contributed by atoms with Crippen LogP contribution in [0.4, 0.5) is 0 Å². The van der Waals surface area contributed by atoms with E-state index in [1.54, 1.807) is 0 Å². The molecule has 0 saturated carbocycles. The van der Waals surface area contributed by atoms with Gasteiger partial charge in [0.25, 0.3) is 0 Å². The van der Waals surface area contributed by atoms with Crippen LogP contribution in [0.5, 0.6) is 0 Å². The van der Waals surface area contributed by atoms with Gasteiger partial charge in [0.05, 0.1) is 22.1 Å². The summed E-state index contributed by atoms with van der Waals surface area (Å²) < 4.78 is 9.82. The van der Waals surface area contributed by atoms with Gasteiger partial charge in [0.1, 0.15) is 0 Å². The van der Waals surface area contributed by atoms with Crippen LogP contribution in [-0.2, 0) is 0 Å². The first-order valence-electron chi connectivity index (χ1n) is 43.8. The molecule has 0 radical (unpaired) electrons. The van der Waals surface area contributed by atoms with E-state index in [1.165, 1.54) is 117 Å². The number of para-hydroxylation sites is 4. The third-order valence-electron chi connectivity index (χ3n) is 24.9. The standard InChI is InChI=1S/C63H40N4S.C57H36N4S/c1-6-19-41(20-7-1)48-35-33-45(39-54(48)42-21-8-2-9-22-42)46-34-36-49(55(40-46)63-65-61(43-23-10-3-11-24-43)64-62(66-63)44-25-12-4-13-26-44)50-30-18-31-51-52-37-38-57-58(60(52)68-59(50)51)53-29-16-17-32-56(53)67(57)47-27-14-5-15-28-47;1-5-17-37(18-6-1)40-23-15-24-41(35-40)42-31-32-44(48(36-42)57-59-55(38-19-7-2-8-20-38)58-56(60-57)39-21-9-3-10-22-39)46-28-16-30-50-52(46)53-51(62-50)34-33-47-45-27-13-14-29-49(45)61(54(47)53)43-25-11-4-12-26-43/h1-40H;1-36H. The first-order chi connectivity index (χ1) is 64.5. The van der Waals surface area contributed by atoms with Crippen LogP contribution in [0.3, 0.4) is 0 Å². The third-order valence-corrected chi connectivity index (χ3v) is 27.3. The third kappa shape index (κ3) is 13.9. The maximum Gasteiger partial charge on any atom is 0.164 e. The summed E-state index contributed by atoms with van der Waals surface area (Å²) in [5, 5.41) is 9.93. The Kier molecular flexibility index (Phi) is 19.5. The maximum atomic E-state index is 5.35. The minimum Gasteiger partial charge on any atom is -0.309 e. The van der Waals surface area contributed by atoms with Gasteiger partial charge in [-0.05, 0) is 151 Å². The van der Waals surface area contributed by atoms with Crippen molar-refractivity contribution in [3.63, 3.8) is 0 Å². The van der Waals surface area contributed by atoms with Gasteiger partial charge in [0, 0.05) is 112 Å². The summed E-state index contributed by atoms with van der Waals surface area (Å²) in [6.07, 6.45) is 0. The molecule has 0 atom stereocenters. The van der Waals surface area contributed by atoms with Crippen molar-refractivity contribution in [3.8, 4) is 158 Å². The molecule has 0 unspecified atom stereocenters. The molecular weight excluding hydrogens is 1620 g/mol. The molecule has 25 rings (SSSR count). The number of fused-ring (bicyclic) bond motifs is 14. The van der Waals surface area contributed by atoms with E-state index in [1.807, 2.05) is 95.5 Å². The summed E-state index contributed by atoms with van der Waals surface area (Å²) in [4.78, 5) is 31.5. The van der Waals surface area contributed by atoms with Gasteiger partial charge in [-0.3, -0.25) is 0 Å². The van der Waals surface area contributed by atoms with Gasteiger partial charge in [-0.1, -0.05) is 382 Å².